The molecule has 11 heteroatoms. The third kappa shape index (κ3) is 5.72. The number of hydrazine groups is 1. The highest BCUT2D eigenvalue weighted by atomic mass is 32.2. The number of thiocarbonyl (C=S) groups is 1. The van der Waals surface area contributed by atoms with Gasteiger partial charge in [0.25, 0.3) is 11.8 Å². The topological polar surface area (TPSA) is 105 Å². The Kier molecular flexibility index (Phi) is 8.24. The predicted octanol–water partition coefficient (Wildman–Crippen LogP) is 4.01. The van der Waals surface area contributed by atoms with Gasteiger partial charge in [-0.15, -0.1) is 0 Å². The van der Waals surface area contributed by atoms with Crippen molar-refractivity contribution in [2.75, 3.05) is 6.61 Å². The van der Waals surface area contributed by atoms with Crippen LogP contribution in [-0.2, 0) is 9.59 Å². The van der Waals surface area contributed by atoms with Crippen LogP contribution >= 0.6 is 24.0 Å². The molecule has 34 heavy (non-hydrogen) atoms. The van der Waals surface area contributed by atoms with Crippen LogP contribution in [0, 0.1) is 5.82 Å². The zero-order chi connectivity index (χ0) is 24.8. The Bertz CT molecular complexity index is 1170. The number of aliphatic carboxylic acids is 1. The molecule has 0 bridgehead atoms. The minimum absolute atomic E-state index is 0.0816. The minimum Gasteiger partial charge on any atom is -0.490 e. The zero-order valence-electron chi connectivity index (χ0n) is 18.2. The van der Waals surface area contributed by atoms with E-state index in [1.807, 2.05) is 0 Å². The van der Waals surface area contributed by atoms with Gasteiger partial charge in [0.2, 0.25) is 0 Å². The van der Waals surface area contributed by atoms with Crippen LogP contribution in [0.5, 0.6) is 11.5 Å². The number of benzene rings is 2. The van der Waals surface area contributed by atoms with Crippen LogP contribution in [0.25, 0.3) is 6.08 Å². The summed E-state index contributed by atoms with van der Waals surface area (Å²) in [6, 6.07) is 10.2. The molecule has 0 saturated carbocycles. The average Bonchev–Trinajstić information content (AvgIpc) is 3.06. The molecular formula is C23H21FN2O6S2. The summed E-state index contributed by atoms with van der Waals surface area (Å²) in [6.45, 7) is 3.78. The maximum atomic E-state index is 13.9. The SMILES string of the molecule is CCOc1cc(/C=C2/SC(=S)N(NC(=O)c3ccccc3F)C2=O)ccc1OC(CC)C(=O)O. The first-order valence-corrected chi connectivity index (χ1v) is 11.5. The number of rotatable bonds is 9. The molecule has 1 fully saturated rings. The molecule has 8 nitrogen and oxygen atoms in total. The van der Waals surface area contributed by atoms with Crippen LogP contribution in [0.2, 0.25) is 0 Å². The van der Waals surface area contributed by atoms with Gasteiger partial charge in [-0.1, -0.05) is 36.9 Å². The number of nitrogens with one attached hydrogen (secondary N) is 1. The lowest BCUT2D eigenvalue weighted by Gasteiger charge is -2.17. The van der Waals surface area contributed by atoms with E-state index in [0.717, 1.165) is 22.8 Å². The van der Waals surface area contributed by atoms with Gasteiger partial charge in [-0.05, 0) is 61.5 Å². The standard InChI is InChI=1S/C23H21FN2O6S2/c1-3-16(22(29)30)32-17-10-9-13(11-18(17)31-4-2)12-19-21(28)26(23(33)34-19)25-20(27)14-7-5-6-8-15(14)24/h5-12,16H,3-4H2,1-2H3,(H,25,27)(H,29,30)/b19-12+. The first-order valence-electron chi connectivity index (χ1n) is 10.2. The summed E-state index contributed by atoms with van der Waals surface area (Å²) in [6.07, 6.45) is 0.790. The van der Waals surface area contributed by atoms with Gasteiger partial charge in [0, 0.05) is 0 Å². The molecule has 0 aliphatic carbocycles. The third-order valence-corrected chi connectivity index (χ3v) is 5.91. The Morgan fingerprint density at radius 3 is 2.62 bits per heavy atom. The molecule has 178 valence electrons. The van der Waals surface area contributed by atoms with Gasteiger partial charge >= 0.3 is 5.97 Å². The van der Waals surface area contributed by atoms with E-state index in [-0.39, 0.29) is 27.0 Å². The number of nitrogens with zero attached hydrogens (tertiary/aromatic N) is 1. The van der Waals surface area contributed by atoms with Gasteiger partial charge in [0.15, 0.2) is 21.9 Å². The number of carbonyl (C=O) groups is 3. The fourth-order valence-electron chi connectivity index (χ4n) is 2.96. The fourth-order valence-corrected chi connectivity index (χ4v) is 4.14. The van der Waals surface area contributed by atoms with Crippen LogP contribution in [0.3, 0.4) is 0 Å². The summed E-state index contributed by atoms with van der Waals surface area (Å²) in [7, 11) is 0. The van der Waals surface area contributed by atoms with E-state index in [0.29, 0.717) is 17.9 Å². The van der Waals surface area contributed by atoms with Crippen molar-refractivity contribution in [2.45, 2.75) is 26.4 Å². The average molecular weight is 505 g/mol. The van der Waals surface area contributed by atoms with Gasteiger partial charge in [-0.3, -0.25) is 15.0 Å². The molecule has 1 heterocycles. The summed E-state index contributed by atoms with van der Waals surface area (Å²) < 4.78 is 25.1. The van der Waals surface area contributed by atoms with Gasteiger partial charge in [0.05, 0.1) is 17.1 Å². The predicted molar refractivity (Wildman–Crippen MR) is 129 cm³/mol. The quantitative estimate of drug-likeness (QED) is 0.390. The van der Waals surface area contributed by atoms with E-state index < -0.39 is 29.7 Å². The Balaban J connectivity index is 1.81. The smallest absolute Gasteiger partial charge is 0.344 e. The molecule has 1 saturated heterocycles. The normalized spacial score (nSPS) is 15.4. The Morgan fingerprint density at radius 2 is 1.97 bits per heavy atom. The summed E-state index contributed by atoms with van der Waals surface area (Å²) >= 11 is 6.17. The molecule has 0 aromatic heterocycles. The number of carbonyl (C=O) groups excluding carboxylic acids is 2. The Morgan fingerprint density at radius 1 is 1.24 bits per heavy atom. The van der Waals surface area contributed by atoms with E-state index >= 15 is 0 Å². The largest absolute Gasteiger partial charge is 0.490 e. The maximum absolute atomic E-state index is 13.9. The van der Waals surface area contributed by atoms with Gasteiger partial charge < -0.3 is 14.6 Å². The summed E-state index contributed by atoms with van der Waals surface area (Å²) in [5.74, 6) is -2.61. The van der Waals surface area contributed by atoms with E-state index in [1.165, 1.54) is 18.2 Å². The van der Waals surface area contributed by atoms with Crippen molar-refractivity contribution in [1.29, 1.82) is 0 Å². The molecule has 1 unspecified atom stereocenters. The lowest BCUT2D eigenvalue weighted by molar-refractivity contribution is -0.145. The highest BCUT2D eigenvalue weighted by Gasteiger charge is 2.34. The Hall–Kier alpha value is -3.44. The summed E-state index contributed by atoms with van der Waals surface area (Å²) in [5, 5.41) is 10.1. The van der Waals surface area contributed by atoms with E-state index in [2.05, 4.69) is 5.43 Å². The monoisotopic (exact) mass is 504 g/mol. The summed E-state index contributed by atoms with van der Waals surface area (Å²) in [4.78, 5) is 36.7. The molecule has 0 radical (unpaired) electrons. The Labute approximate surface area is 204 Å². The molecule has 1 aliphatic rings. The number of halogens is 1. The van der Waals surface area contributed by atoms with E-state index in [4.69, 9.17) is 21.7 Å². The van der Waals surface area contributed by atoms with Gasteiger partial charge in [0.1, 0.15) is 5.82 Å². The maximum Gasteiger partial charge on any atom is 0.344 e. The van der Waals surface area contributed by atoms with Crippen molar-refractivity contribution in [3.05, 3.63) is 64.3 Å². The van der Waals surface area contributed by atoms with Crippen LogP contribution in [0.1, 0.15) is 36.2 Å². The number of carboxylic acids is 1. The highest BCUT2D eigenvalue weighted by Crippen LogP contribution is 2.35. The molecule has 0 spiro atoms. The number of hydrogen-bond donors (Lipinski definition) is 2. The van der Waals surface area contributed by atoms with Crippen molar-refractivity contribution in [2.24, 2.45) is 0 Å². The van der Waals surface area contributed by atoms with E-state index in [9.17, 15) is 23.9 Å². The summed E-state index contributed by atoms with van der Waals surface area (Å²) in [5.41, 5.74) is 2.68. The molecule has 1 atom stereocenters. The second kappa shape index (κ2) is 11.1. The van der Waals surface area contributed by atoms with Crippen molar-refractivity contribution in [3.8, 4) is 11.5 Å². The van der Waals surface area contributed by atoms with Gasteiger partial charge in [-0.2, -0.15) is 5.01 Å². The molecule has 2 amide bonds. The molecule has 3 rings (SSSR count). The number of thioether (sulfide) groups is 1. The van der Waals surface area contributed by atoms with Crippen molar-refractivity contribution in [3.63, 3.8) is 0 Å². The van der Waals surface area contributed by atoms with Crippen LogP contribution in [0.4, 0.5) is 4.39 Å². The lowest BCUT2D eigenvalue weighted by Crippen LogP contribution is -2.45. The van der Waals surface area contributed by atoms with Crippen molar-refractivity contribution < 1.29 is 33.4 Å². The van der Waals surface area contributed by atoms with Crippen LogP contribution < -0.4 is 14.9 Å². The first kappa shape index (κ1) is 25.2. The van der Waals surface area contributed by atoms with Crippen molar-refractivity contribution in [1.82, 2.24) is 10.4 Å². The molecule has 2 N–H and O–H groups in total. The second-order valence-electron chi connectivity index (χ2n) is 6.93. The third-order valence-electron chi connectivity index (χ3n) is 4.61. The zero-order valence-corrected chi connectivity index (χ0v) is 19.9. The van der Waals surface area contributed by atoms with Crippen molar-refractivity contribution >= 4 is 52.2 Å². The van der Waals surface area contributed by atoms with Crippen LogP contribution in [0.15, 0.2) is 47.4 Å². The fraction of sp³-hybridized carbons (Fsp3) is 0.217. The van der Waals surface area contributed by atoms with Gasteiger partial charge in [-0.25, -0.2) is 9.18 Å². The number of hydrogen-bond acceptors (Lipinski definition) is 7. The molecule has 1 aliphatic heterocycles. The number of carboxylic acid groups (broad SMARTS) is 1. The van der Waals surface area contributed by atoms with E-state index in [1.54, 1.807) is 38.1 Å². The molecule has 2 aromatic rings. The molecular weight excluding hydrogens is 483 g/mol. The minimum atomic E-state index is -1.09. The first-order chi connectivity index (χ1) is 16.2. The number of ether oxygens (including phenoxy) is 2. The van der Waals surface area contributed by atoms with Crippen LogP contribution in [-0.4, -0.2) is 44.9 Å². The second-order valence-corrected chi connectivity index (χ2v) is 8.61. The highest BCUT2D eigenvalue weighted by molar-refractivity contribution is 8.26. The lowest BCUT2D eigenvalue weighted by atomic mass is 10.1. The number of amides is 2. The molecule has 2 aromatic carbocycles.